The largest absolute Gasteiger partial charge is 0.491 e. The minimum absolute atomic E-state index is 0.0113. The number of hydrogen-bond donors (Lipinski definition) is 0. The van der Waals surface area contributed by atoms with Crippen molar-refractivity contribution in [1.82, 2.24) is 10.1 Å². The third-order valence-corrected chi connectivity index (χ3v) is 6.13. The number of carbonyl (C=O) groups is 3. The van der Waals surface area contributed by atoms with E-state index in [2.05, 4.69) is 5.16 Å². The number of hydrogen-bond acceptors (Lipinski definition) is 7. The first-order chi connectivity index (χ1) is 18.0. The molecule has 8 nitrogen and oxygen atoms in total. The van der Waals surface area contributed by atoms with Gasteiger partial charge in [-0.05, 0) is 61.9 Å². The molecule has 0 spiro atoms. The number of aryl methyl sites for hydroxylation is 1. The minimum Gasteiger partial charge on any atom is -0.433 e. The molecule has 1 aliphatic rings. The number of amides is 1. The number of alkyl halides is 3. The summed E-state index contributed by atoms with van der Waals surface area (Å²) in [7, 11) is 0. The Morgan fingerprint density at radius 3 is 2.37 bits per heavy atom. The Bertz CT molecular complexity index is 1310. The van der Waals surface area contributed by atoms with Gasteiger partial charge in [0.05, 0.1) is 12.7 Å². The van der Waals surface area contributed by atoms with E-state index in [-0.39, 0.29) is 44.2 Å². The van der Waals surface area contributed by atoms with Gasteiger partial charge in [0.1, 0.15) is 5.82 Å². The van der Waals surface area contributed by atoms with Gasteiger partial charge in [0, 0.05) is 41.9 Å². The standard InChI is InChI=1S/C26H23F4N3O5/c1-16(34)17-4-9-21(10-5-17)33-13-12-32(15-23(33)37-25(36)26(28,29)30)22(35)11-6-19-14-31-38-24(19)18-2-7-20(27)8-3-18/h2-5,7-10,14,23H,6,11-13,15H2,1H3. The summed E-state index contributed by atoms with van der Waals surface area (Å²) >= 11 is 0. The smallest absolute Gasteiger partial charge is 0.433 e. The number of ketones is 1. The Morgan fingerprint density at radius 1 is 1.05 bits per heavy atom. The number of esters is 1. The van der Waals surface area contributed by atoms with Crippen LogP contribution in [-0.2, 0) is 20.7 Å². The van der Waals surface area contributed by atoms with Gasteiger partial charge in [-0.1, -0.05) is 5.16 Å². The Labute approximate surface area is 214 Å². The fourth-order valence-corrected chi connectivity index (χ4v) is 4.13. The Kier molecular flexibility index (Phi) is 7.79. The van der Waals surface area contributed by atoms with Crippen molar-refractivity contribution in [2.75, 3.05) is 24.5 Å². The van der Waals surface area contributed by atoms with Gasteiger partial charge in [-0.3, -0.25) is 9.59 Å². The lowest BCUT2D eigenvalue weighted by Crippen LogP contribution is -2.57. The molecular weight excluding hydrogens is 510 g/mol. The zero-order chi connectivity index (χ0) is 27.4. The second-order valence-electron chi connectivity index (χ2n) is 8.68. The number of halogens is 4. The molecule has 1 fully saturated rings. The van der Waals surface area contributed by atoms with Crippen molar-refractivity contribution in [3.05, 3.63) is 71.7 Å². The molecular formula is C26H23F4N3O5. The van der Waals surface area contributed by atoms with E-state index in [0.717, 1.165) is 0 Å². The molecule has 1 unspecified atom stereocenters. The van der Waals surface area contributed by atoms with Crippen LogP contribution in [0.1, 0.15) is 29.3 Å². The lowest BCUT2D eigenvalue weighted by atomic mass is 10.0. The van der Waals surface area contributed by atoms with Crippen LogP contribution < -0.4 is 4.90 Å². The number of aromatic nitrogens is 1. The lowest BCUT2D eigenvalue weighted by molar-refractivity contribution is -0.206. The highest BCUT2D eigenvalue weighted by atomic mass is 19.4. The van der Waals surface area contributed by atoms with Gasteiger partial charge >= 0.3 is 12.1 Å². The lowest BCUT2D eigenvalue weighted by Gasteiger charge is -2.42. The summed E-state index contributed by atoms with van der Waals surface area (Å²) < 4.78 is 62.2. The van der Waals surface area contributed by atoms with Crippen LogP contribution in [0.2, 0.25) is 0 Å². The first-order valence-corrected chi connectivity index (χ1v) is 11.7. The molecule has 1 amide bonds. The van der Waals surface area contributed by atoms with Crippen molar-refractivity contribution in [1.29, 1.82) is 0 Å². The van der Waals surface area contributed by atoms with Crippen LogP contribution in [0.25, 0.3) is 11.3 Å². The molecule has 1 aromatic heterocycles. The van der Waals surface area contributed by atoms with Crippen molar-refractivity contribution in [3.63, 3.8) is 0 Å². The van der Waals surface area contributed by atoms with Crippen molar-refractivity contribution < 1.29 is 41.2 Å². The predicted molar refractivity (Wildman–Crippen MR) is 127 cm³/mol. The summed E-state index contributed by atoms with van der Waals surface area (Å²) in [6, 6.07) is 11.7. The van der Waals surface area contributed by atoms with Crippen LogP contribution in [0.4, 0.5) is 23.2 Å². The number of ether oxygens (including phenoxy) is 1. The number of anilines is 1. The number of nitrogens with zero attached hydrogens (tertiary/aromatic N) is 3. The van der Waals surface area contributed by atoms with Crippen molar-refractivity contribution in [2.24, 2.45) is 0 Å². The number of Topliss-reactive ketones (excluding diaryl/α,β-unsaturated/α-hetero) is 1. The van der Waals surface area contributed by atoms with Gasteiger partial charge in [-0.15, -0.1) is 0 Å². The van der Waals surface area contributed by atoms with Gasteiger partial charge in [-0.2, -0.15) is 13.2 Å². The minimum atomic E-state index is -5.21. The van der Waals surface area contributed by atoms with Crippen LogP contribution >= 0.6 is 0 Å². The van der Waals surface area contributed by atoms with E-state index >= 15 is 0 Å². The number of piperazine rings is 1. The second-order valence-corrected chi connectivity index (χ2v) is 8.68. The van der Waals surface area contributed by atoms with Crippen molar-refractivity contribution >= 4 is 23.3 Å². The van der Waals surface area contributed by atoms with E-state index in [9.17, 15) is 31.9 Å². The Balaban J connectivity index is 1.46. The summed E-state index contributed by atoms with van der Waals surface area (Å²) in [4.78, 5) is 39.0. The molecule has 1 atom stereocenters. The van der Waals surface area contributed by atoms with Crippen molar-refractivity contribution in [2.45, 2.75) is 32.2 Å². The number of benzene rings is 2. The first-order valence-electron chi connectivity index (χ1n) is 11.7. The third-order valence-electron chi connectivity index (χ3n) is 6.13. The molecule has 0 bridgehead atoms. The Morgan fingerprint density at radius 2 is 1.74 bits per heavy atom. The monoisotopic (exact) mass is 533 g/mol. The summed E-state index contributed by atoms with van der Waals surface area (Å²) in [6.45, 7) is 1.36. The first kappa shape index (κ1) is 26.8. The molecule has 4 rings (SSSR count). The zero-order valence-electron chi connectivity index (χ0n) is 20.2. The molecule has 3 aromatic rings. The van der Waals surface area contributed by atoms with E-state index in [1.54, 1.807) is 12.1 Å². The van der Waals surface area contributed by atoms with E-state index in [4.69, 9.17) is 9.26 Å². The summed E-state index contributed by atoms with van der Waals surface area (Å²) in [5.41, 5.74) is 2.04. The molecule has 2 aromatic carbocycles. The highest BCUT2D eigenvalue weighted by Gasteiger charge is 2.44. The quantitative estimate of drug-likeness (QED) is 0.253. The van der Waals surface area contributed by atoms with E-state index in [1.165, 1.54) is 59.3 Å². The predicted octanol–water partition coefficient (Wildman–Crippen LogP) is 4.40. The molecule has 0 radical (unpaired) electrons. The zero-order valence-corrected chi connectivity index (χ0v) is 20.2. The fraction of sp³-hybridized carbons (Fsp3) is 0.308. The topological polar surface area (TPSA) is 93.0 Å². The van der Waals surface area contributed by atoms with E-state index in [0.29, 0.717) is 28.1 Å². The fourth-order valence-electron chi connectivity index (χ4n) is 4.13. The maximum atomic E-state index is 13.2. The van der Waals surface area contributed by atoms with Gasteiger partial charge in [0.15, 0.2) is 17.8 Å². The normalized spacial score (nSPS) is 15.9. The summed E-state index contributed by atoms with van der Waals surface area (Å²) in [5.74, 6) is -2.94. The van der Waals surface area contributed by atoms with Gasteiger partial charge in [0.2, 0.25) is 5.91 Å². The Hall–Kier alpha value is -4.22. The van der Waals surface area contributed by atoms with E-state index < -0.39 is 24.2 Å². The highest BCUT2D eigenvalue weighted by Crippen LogP contribution is 2.27. The average molecular weight is 533 g/mol. The van der Waals surface area contributed by atoms with Crippen LogP contribution in [0.3, 0.4) is 0 Å². The number of carbonyl (C=O) groups excluding carboxylic acids is 3. The molecule has 2 heterocycles. The molecule has 0 N–H and O–H groups in total. The van der Waals surface area contributed by atoms with Gasteiger partial charge < -0.3 is 19.1 Å². The molecule has 0 saturated carbocycles. The van der Waals surface area contributed by atoms with Crippen molar-refractivity contribution in [3.8, 4) is 11.3 Å². The van der Waals surface area contributed by atoms with Gasteiger partial charge in [-0.25, -0.2) is 9.18 Å². The molecule has 12 heteroatoms. The summed E-state index contributed by atoms with van der Waals surface area (Å²) in [5, 5.41) is 3.75. The number of rotatable bonds is 7. The van der Waals surface area contributed by atoms with Crippen LogP contribution in [0.5, 0.6) is 0 Å². The van der Waals surface area contributed by atoms with Gasteiger partial charge in [0.25, 0.3) is 0 Å². The second kappa shape index (κ2) is 11.0. The third kappa shape index (κ3) is 6.18. The van der Waals surface area contributed by atoms with Crippen LogP contribution in [-0.4, -0.2) is 59.8 Å². The molecule has 1 aliphatic heterocycles. The maximum absolute atomic E-state index is 13.2. The molecule has 200 valence electrons. The average Bonchev–Trinajstić information content (AvgIpc) is 3.36. The molecule has 0 aliphatic carbocycles. The van der Waals surface area contributed by atoms with Crippen LogP contribution in [0, 0.1) is 5.82 Å². The maximum Gasteiger partial charge on any atom is 0.491 e. The highest BCUT2D eigenvalue weighted by molar-refractivity contribution is 5.94. The SMILES string of the molecule is CC(=O)c1ccc(N2CCN(C(=O)CCc3cnoc3-c3ccc(F)cc3)CC2OC(=O)C(F)(F)F)cc1. The summed E-state index contributed by atoms with van der Waals surface area (Å²) in [6.07, 6.45) is -4.95. The molecule has 1 saturated heterocycles. The van der Waals surface area contributed by atoms with E-state index in [1.807, 2.05) is 0 Å². The molecule has 38 heavy (non-hydrogen) atoms. The van der Waals surface area contributed by atoms with Crippen LogP contribution in [0.15, 0.2) is 59.3 Å².